The first-order valence-corrected chi connectivity index (χ1v) is 16.7. The van der Waals surface area contributed by atoms with Gasteiger partial charge in [0, 0.05) is 39.2 Å². The first-order valence-electron chi connectivity index (χ1n) is 16.7. The molecule has 3 aliphatic heterocycles. The molecule has 228 valence electrons. The molecule has 1 aromatic heterocycles. The lowest BCUT2D eigenvalue weighted by atomic mass is 9.99. The predicted molar refractivity (Wildman–Crippen MR) is 185 cm³/mol. The van der Waals surface area contributed by atoms with E-state index < -0.39 is 0 Å². The number of amidine groups is 4. The van der Waals surface area contributed by atoms with E-state index in [0.29, 0.717) is 0 Å². The summed E-state index contributed by atoms with van der Waals surface area (Å²) in [5.41, 5.74) is 9.63. The molecule has 3 N–H and O–H groups in total. The van der Waals surface area contributed by atoms with Gasteiger partial charge in [0.1, 0.15) is 17.5 Å². The maximum absolute atomic E-state index is 5.31. The molecule has 8 bridgehead atoms. The van der Waals surface area contributed by atoms with Gasteiger partial charge in [-0.05, 0) is 62.3 Å². The summed E-state index contributed by atoms with van der Waals surface area (Å²) < 4.78 is 0. The largest absolute Gasteiger partial charge is 0.341 e. The third-order valence-electron chi connectivity index (χ3n) is 8.27. The van der Waals surface area contributed by atoms with E-state index >= 15 is 0 Å². The second-order valence-electron chi connectivity index (χ2n) is 11.8. The van der Waals surface area contributed by atoms with Gasteiger partial charge in [0.15, 0.2) is 17.5 Å². The summed E-state index contributed by atoms with van der Waals surface area (Å²) in [4.78, 5) is 24.6. The lowest BCUT2D eigenvalue weighted by molar-refractivity contribution is 0.869. The van der Waals surface area contributed by atoms with Crippen molar-refractivity contribution in [2.75, 3.05) is 10.6 Å². The maximum Gasteiger partial charge on any atom is 0.160 e. The highest BCUT2D eigenvalue weighted by Crippen LogP contribution is 2.37. The molecule has 3 aliphatic rings. The van der Waals surface area contributed by atoms with Crippen LogP contribution in [0.3, 0.4) is 0 Å². The molecule has 0 saturated heterocycles. The van der Waals surface area contributed by atoms with Crippen molar-refractivity contribution in [3.63, 3.8) is 0 Å². The third-order valence-corrected chi connectivity index (χ3v) is 8.27. The van der Waals surface area contributed by atoms with Gasteiger partial charge >= 0.3 is 0 Å². The molecule has 2 aromatic rings. The van der Waals surface area contributed by atoms with Crippen LogP contribution in [0.5, 0.6) is 0 Å². The van der Waals surface area contributed by atoms with Gasteiger partial charge in [-0.3, -0.25) is 0 Å². The van der Waals surface area contributed by atoms with Gasteiger partial charge in [-0.2, -0.15) is 0 Å². The van der Waals surface area contributed by atoms with Gasteiger partial charge in [-0.1, -0.05) is 86.1 Å². The van der Waals surface area contributed by atoms with Crippen LogP contribution < -0.4 is 10.6 Å². The summed E-state index contributed by atoms with van der Waals surface area (Å²) in [6.45, 7) is 13.4. The minimum atomic E-state index is 0.790. The van der Waals surface area contributed by atoms with Crippen molar-refractivity contribution in [3.05, 3.63) is 57.7 Å². The van der Waals surface area contributed by atoms with Gasteiger partial charge < -0.3 is 15.6 Å². The number of benzene rings is 1. The third kappa shape index (κ3) is 6.46. The van der Waals surface area contributed by atoms with Crippen LogP contribution in [0.4, 0.5) is 23.0 Å². The Morgan fingerprint density at radius 1 is 0.512 bits per heavy atom. The van der Waals surface area contributed by atoms with E-state index in [1.54, 1.807) is 0 Å². The van der Waals surface area contributed by atoms with E-state index in [0.717, 1.165) is 123 Å². The molecule has 4 heterocycles. The van der Waals surface area contributed by atoms with E-state index in [2.05, 4.69) is 81.4 Å². The summed E-state index contributed by atoms with van der Waals surface area (Å²) in [6, 6.07) is 8.50. The molecular weight excluding hydrogens is 530 g/mol. The monoisotopic (exact) mass is 579 g/mol. The first kappa shape index (κ1) is 30.7. The highest BCUT2D eigenvalue weighted by molar-refractivity contribution is 6.29. The molecule has 0 fully saturated rings. The molecule has 5 rings (SSSR count). The number of hydrogen-bond donors (Lipinski definition) is 3. The van der Waals surface area contributed by atoms with Gasteiger partial charge in [-0.25, -0.2) is 20.0 Å². The number of anilines is 3. The molecule has 0 spiro atoms. The van der Waals surface area contributed by atoms with Crippen LogP contribution in [0.2, 0.25) is 0 Å². The zero-order valence-corrected chi connectivity index (χ0v) is 27.1. The average molecular weight is 580 g/mol. The molecule has 43 heavy (non-hydrogen) atoms. The molecule has 0 saturated carbocycles. The van der Waals surface area contributed by atoms with Crippen LogP contribution in [-0.4, -0.2) is 28.3 Å². The van der Waals surface area contributed by atoms with E-state index in [4.69, 9.17) is 20.0 Å². The lowest BCUT2D eigenvalue weighted by Gasteiger charge is -2.13. The van der Waals surface area contributed by atoms with E-state index in [1.807, 2.05) is 0 Å². The number of aromatic nitrogens is 1. The summed E-state index contributed by atoms with van der Waals surface area (Å²) in [6.07, 6.45) is 12.0. The maximum atomic E-state index is 5.31. The average Bonchev–Trinajstić information content (AvgIpc) is 3.58. The summed E-state index contributed by atoms with van der Waals surface area (Å²) in [5, 5.41) is 7.41. The number of fused-ring (bicyclic) bond motifs is 6. The number of H-pyrrole nitrogens is 1. The Morgan fingerprint density at radius 2 is 1.00 bits per heavy atom. The molecule has 7 heteroatoms. The molecule has 0 atom stereocenters. The number of hydrogen-bond acceptors (Lipinski definition) is 6. The Labute approximate surface area is 257 Å². The predicted octanol–water partition coefficient (Wildman–Crippen LogP) is 10.1. The highest BCUT2D eigenvalue weighted by atomic mass is 15.1. The smallest absolute Gasteiger partial charge is 0.160 e. The first-order chi connectivity index (χ1) is 21.0. The van der Waals surface area contributed by atoms with E-state index in [9.17, 15) is 0 Å². The van der Waals surface area contributed by atoms with E-state index in [-0.39, 0.29) is 0 Å². The Morgan fingerprint density at radius 3 is 1.60 bits per heavy atom. The van der Waals surface area contributed by atoms with Crippen LogP contribution in [0.1, 0.15) is 117 Å². The second kappa shape index (κ2) is 14.2. The van der Waals surface area contributed by atoms with Gasteiger partial charge in [-0.15, -0.1) is 0 Å². The zero-order valence-electron chi connectivity index (χ0n) is 27.1. The quantitative estimate of drug-likeness (QED) is 0.233. The molecule has 1 aromatic carbocycles. The molecule has 0 aliphatic carbocycles. The van der Waals surface area contributed by atoms with Crippen molar-refractivity contribution in [1.82, 2.24) is 4.98 Å². The van der Waals surface area contributed by atoms with Gasteiger partial charge in [0.25, 0.3) is 0 Å². The molecule has 0 amide bonds. The molecular formula is C36H49N7. The number of nitrogens with zero attached hydrogens (tertiary/aromatic N) is 4. The minimum absolute atomic E-state index is 0.790. The lowest BCUT2D eigenvalue weighted by Crippen LogP contribution is -2.13. The number of nitrogens with one attached hydrogen (secondary N) is 3. The number of aliphatic imine (C=N–C) groups is 4. The number of aromatic amines is 1. The van der Waals surface area contributed by atoms with Crippen molar-refractivity contribution in [2.24, 2.45) is 20.0 Å². The van der Waals surface area contributed by atoms with Crippen molar-refractivity contribution < 1.29 is 0 Å². The van der Waals surface area contributed by atoms with Crippen molar-refractivity contribution in [2.45, 2.75) is 119 Å². The molecule has 0 radical (unpaired) electrons. The van der Waals surface area contributed by atoms with Crippen LogP contribution in [0, 0.1) is 0 Å². The Kier molecular flexibility index (Phi) is 10.1. The van der Waals surface area contributed by atoms with Crippen LogP contribution in [-0.2, 0) is 12.8 Å². The van der Waals surface area contributed by atoms with Crippen molar-refractivity contribution in [3.8, 4) is 0 Å². The topological polar surface area (TPSA) is 89.3 Å². The Bertz CT molecular complexity index is 1530. The van der Waals surface area contributed by atoms with Gasteiger partial charge in [0.2, 0.25) is 0 Å². The van der Waals surface area contributed by atoms with Crippen molar-refractivity contribution in [1.29, 1.82) is 0 Å². The fourth-order valence-corrected chi connectivity index (χ4v) is 6.43. The summed E-state index contributed by atoms with van der Waals surface area (Å²) >= 11 is 0. The molecule has 0 unspecified atom stereocenters. The van der Waals surface area contributed by atoms with Crippen LogP contribution in [0.15, 0.2) is 66.5 Å². The van der Waals surface area contributed by atoms with Crippen LogP contribution >= 0.6 is 0 Å². The second-order valence-corrected chi connectivity index (χ2v) is 11.8. The Hall–Kier alpha value is -3.74. The SMILES string of the molecule is CCCC1=C(CCC)C2=Nc3[nH]c(c(CCC)c3CCC)Nc3cccc(c3)NC3=NC(=NC1=N2)C(CCC)=C3CCC. The minimum Gasteiger partial charge on any atom is -0.341 e. The fraction of sp³-hybridized carbons (Fsp3) is 0.500. The normalized spacial score (nSPS) is 16.1. The Balaban J connectivity index is 1.79. The number of rotatable bonds is 12. The summed E-state index contributed by atoms with van der Waals surface area (Å²) in [7, 11) is 0. The van der Waals surface area contributed by atoms with Gasteiger partial charge in [0.05, 0.1) is 0 Å². The van der Waals surface area contributed by atoms with E-state index in [1.165, 1.54) is 33.4 Å². The van der Waals surface area contributed by atoms with Crippen molar-refractivity contribution >= 4 is 46.4 Å². The zero-order chi connectivity index (χ0) is 30.3. The highest BCUT2D eigenvalue weighted by Gasteiger charge is 2.29. The summed E-state index contributed by atoms with van der Waals surface area (Å²) in [5.74, 6) is 5.26. The molecule has 7 nitrogen and oxygen atoms in total. The standard InChI is InChI=1S/C36H49N7/c1-7-14-25-27(16-9-3)33-39-31(25)37-23-20-13-21-24(22-23)38-32-26(15-8-2)28(17-10-4)34(40-32)42-36-30(19-12-6)29(18-11-5)35(41-33)43-36/h13,20-22,37,39H,7-12,14-19H2,1-6H3,(H,38,40,41,42,43). The van der Waals surface area contributed by atoms with Crippen LogP contribution in [0.25, 0.3) is 0 Å². The fourth-order valence-electron chi connectivity index (χ4n) is 6.43.